The van der Waals surface area contributed by atoms with Crippen LogP contribution in [0, 0.1) is 5.82 Å². The fourth-order valence-electron chi connectivity index (χ4n) is 1.63. The van der Waals surface area contributed by atoms with Gasteiger partial charge in [-0.2, -0.15) is 0 Å². The van der Waals surface area contributed by atoms with Crippen molar-refractivity contribution >= 4 is 23.2 Å². The first-order chi connectivity index (χ1) is 8.13. The lowest BCUT2D eigenvalue weighted by Crippen LogP contribution is -1.99. The highest BCUT2D eigenvalue weighted by Gasteiger charge is 2.09. The SMILES string of the molecule is NCc1cc(-c2cccc(Cl)c2Cl)ccc1F. The summed E-state index contributed by atoms with van der Waals surface area (Å²) in [5.74, 6) is -0.311. The standard InChI is InChI=1S/C13H10Cl2FN/c14-11-3-1-2-10(13(11)15)8-4-5-12(16)9(6-8)7-17/h1-6H,7,17H2. The predicted octanol–water partition coefficient (Wildman–Crippen LogP) is 4.26. The summed E-state index contributed by atoms with van der Waals surface area (Å²) < 4.78 is 13.3. The molecular formula is C13H10Cl2FN. The zero-order valence-electron chi connectivity index (χ0n) is 8.88. The van der Waals surface area contributed by atoms with Crippen molar-refractivity contribution in [2.45, 2.75) is 6.54 Å². The summed E-state index contributed by atoms with van der Waals surface area (Å²) >= 11 is 12.0. The molecule has 0 amide bonds. The van der Waals surface area contributed by atoms with Gasteiger partial charge in [-0.1, -0.05) is 41.4 Å². The minimum atomic E-state index is -0.311. The molecule has 0 unspecified atom stereocenters. The molecule has 0 heterocycles. The number of benzene rings is 2. The van der Waals surface area contributed by atoms with E-state index in [0.29, 0.717) is 15.6 Å². The molecule has 0 radical (unpaired) electrons. The highest BCUT2D eigenvalue weighted by Crippen LogP contribution is 2.33. The third-order valence-electron chi connectivity index (χ3n) is 2.53. The fraction of sp³-hybridized carbons (Fsp3) is 0.0769. The second kappa shape index (κ2) is 5.05. The van der Waals surface area contributed by atoms with E-state index in [1.807, 2.05) is 6.07 Å². The lowest BCUT2D eigenvalue weighted by atomic mass is 10.0. The van der Waals surface area contributed by atoms with Crippen LogP contribution in [0.5, 0.6) is 0 Å². The van der Waals surface area contributed by atoms with Crippen molar-refractivity contribution in [1.29, 1.82) is 0 Å². The summed E-state index contributed by atoms with van der Waals surface area (Å²) in [6, 6.07) is 10.1. The molecule has 0 bridgehead atoms. The quantitative estimate of drug-likeness (QED) is 0.866. The Morgan fingerprint density at radius 1 is 1.12 bits per heavy atom. The van der Waals surface area contributed by atoms with Crippen LogP contribution in [0.1, 0.15) is 5.56 Å². The first-order valence-electron chi connectivity index (χ1n) is 5.06. The van der Waals surface area contributed by atoms with Crippen LogP contribution in [0.2, 0.25) is 10.0 Å². The first kappa shape index (κ1) is 12.4. The van der Waals surface area contributed by atoms with Gasteiger partial charge >= 0.3 is 0 Å². The van der Waals surface area contributed by atoms with Gasteiger partial charge in [0.15, 0.2) is 0 Å². The normalized spacial score (nSPS) is 10.6. The Labute approximate surface area is 109 Å². The molecule has 1 nitrogen and oxygen atoms in total. The number of halogens is 3. The van der Waals surface area contributed by atoms with E-state index in [4.69, 9.17) is 28.9 Å². The summed E-state index contributed by atoms with van der Waals surface area (Å²) in [5, 5.41) is 0.937. The van der Waals surface area contributed by atoms with E-state index in [9.17, 15) is 4.39 Å². The molecule has 4 heteroatoms. The molecule has 2 aromatic carbocycles. The van der Waals surface area contributed by atoms with Crippen LogP contribution in [0.25, 0.3) is 11.1 Å². The number of nitrogens with two attached hydrogens (primary N) is 1. The molecule has 2 N–H and O–H groups in total. The van der Waals surface area contributed by atoms with Gasteiger partial charge in [0.2, 0.25) is 0 Å². The third-order valence-corrected chi connectivity index (χ3v) is 3.35. The zero-order chi connectivity index (χ0) is 12.4. The van der Waals surface area contributed by atoms with Crippen molar-refractivity contribution in [3.63, 3.8) is 0 Å². The molecular weight excluding hydrogens is 260 g/mol. The van der Waals surface area contributed by atoms with Crippen LogP contribution >= 0.6 is 23.2 Å². The summed E-state index contributed by atoms with van der Waals surface area (Å²) in [4.78, 5) is 0. The molecule has 2 rings (SSSR count). The van der Waals surface area contributed by atoms with E-state index in [0.717, 1.165) is 11.1 Å². The second-order valence-corrected chi connectivity index (χ2v) is 4.40. The van der Waals surface area contributed by atoms with Crippen molar-refractivity contribution in [3.8, 4) is 11.1 Å². The highest BCUT2D eigenvalue weighted by atomic mass is 35.5. The Bertz CT molecular complexity index is 555. The Kier molecular flexibility index (Phi) is 3.67. The van der Waals surface area contributed by atoms with Crippen molar-refractivity contribution < 1.29 is 4.39 Å². The molecule has 0 atom stereocenters. The van der Waals surface area contributed by atoms with Gasteiger partial charge in [-0.25, -0.2) is 4.39 Å². The van der Waals surface area contributed by atoms with Crippen LogP contribution in [0.4, 0.5) is 4.39 Å². The maximum Gasteiger partial charge on any atom is 0.127 e. The monoisotopic (exact) mass is 269 g/mol. The maximum atomic E-state index is 13.3. The van der Waals surface area contributed by atoms with E-state index in [1.54, 1.807) is 24.3 Å². The summed E-state index contributed by atoms with van der Waals surface area (Å²) in [6.45, 7) is 0.151. The molecule has 2 aromatic rings. The van der Waals surface area contributed by atoms with Gasteiger partial charge in [0.05, 0.1) is 10.0 Å². The molecule has 0 spiro atoms. The molecule has 0 aliphatic rings. The molecule has 17 heavy (non-hydrogen) atoms. The summed E-state index contributed by atoms with van der Waals surface area (Å²) in [6.07, 6.45) is 0. The largest absolute Gasteiger partial charge is 0.326 e. The maximum absolute atomic E-state index is 13.3. The van der Waals surface area contributed by atoms with E-state index in [-0.39, 0.29) is 12.4 Å². The van der Waals surface area contributed by atoms with Crippen molar-refractivity contribution in [1.82, 2.24) is 0 Å². The van der Waals surface area contributed by atoms with Gasteiger partial charge in [-0.3, -0.25) is 0 Å². The minimum Gasteiger partial charge on any atom is -0.326 e. The third kappa shape index (κ3) is 2.44. The fourth-order valence-corrected chi connectivity index (χ4v) is 2.04. The smallest absolute Gasteiger partial charge is 0.127 e. The van der Waals surface area contributed by atoms with E-state index in [2.05, 4.69) is 0 Å². The molecule has 0 saturated carbocycles. The number of hydrogen-bond acceptors (Lipinski definition) is 1. The van der Waals surface area contributed by atoms with Crippen molar-refractivity contribution in [2.24, 2.45) is 5.73 Å². The highest BCUT2D eigenvalue weighted by molar-refractivity contribution is 6.43. The minimum absolute atomic E-state index is 0.151. The Morgan fingerprint density at radius 2 is 1.88 bits per heavy atom. The topological polar surface area (TPSA) is 26.0 Å². The Balaban J connectivity index is 2.57. The second-order valence-electron chi connectivity index (χ2n) is 3.61. The molecule has 0 aromatic heterocycles. The number of hydrogen-bond donors (Lipinski definition) is 1. The van der Waals surface area contributed by atoms with Gasteiger partial charge in [-0.05, 0) is 23.8 Å². The molecule has 88 valence electrons. The average molecular weight is 270 g/mol. The average Bonchev–Trinajstić information content (AvgIpc) is 2.34. The first-order valence-corrected chi connectivity index (χ1v) is 5.82. The van der Waals surface area contributed by atoms with Gasteiger partial charge in [0.1, 0.15) is 5.82 Å². The lowest BCUT2D eigenvalue weighted by Gasteiger charge is -2.08. The zero-order valence-corrected chi connectivity index (χ0v) is 10.4. The van der Waals surface area contributed by atoms with Crippen molar-refractivity contribution in [2.75, 3.05) is 0 Å². The van der Waals surface area contributed by atoms with Gasteiger partial charge in [-0.15, -0.1) is 0 Å². The lowest BCUT2D eigenvalue weighted by molar-refractivity contribution is 0.611. The molecule has 0 aliphatic heterocycles. The van der Waals surface area contributed by atoms with Crippen LogP contribution in [-0.2, 0) is 6.54 Å². The van der Waals surface area contributed by atoms with Gasteiger partial charge in [0, 0.05) is 17.7 Å². The Morgan fingerprint density at radius 3 is 2.59 bits per heavy atom. The molecule has 0 aliphatic carbocycles. The van der Waals surface area contributed by atoms with Crippen LogP contribution in [-0.4, -0.2) is 0 Å². The van der Waals surface area contributed by atoms with Crippen LogP contribution in [0.15, 0.2) is 36.4 Å². The van der Waals surface area contributed by atoms with Crippen LogP contribution in [0.3, 0.4) is 0 Å². The van der Waals surface area contributed by atoms with E-state index in [1.165, 1.54) is 6.07 Å². The van der Waals surface area contributed by atoms with E-state index >= 15 is 0 Å². The van der Waals surface area contributed by atoms with Crippen LogP contribution < -0.4 is 5.73 Å². The summed E-state index contributed by atoms with van der Waals surface area (Å²) in [5.41, 5.74) is 7.50. The number of rotatable bonds is 2. The predicted molar refractivity (Wildman–Crippen MR) is 69.7 cm³/mol. The summed E-state index contributed by atoms with van der Waals surface area (Å²) in [7, 11) is 0. The van der Waals surface area contributed by atoms with Gasteiger partial charge < -0.3 is 5.73 Å². The van der Waals surface area contributed by atoms with E-state index < -0.39 is 0 Å². The molecule has 0 saturated heterocycles. The Hall–Kier alpha value is -1.09. The van der Waals surface area contributed by atoms with Gasteiger partial charge in [0.25, 0.3) is 0 Å². The van der Waals surface area contributed by atoms with Crippen molar-refractivity contribution in [3.05, 3.63) is 57.8 Å². The molecule has 0 fully saturated rings.